The number of hydrogen-bond acceptors (Lipinski definition) is 3. The fourth-order valence-corrected chi connectivity index (χ4v) is 3.44. The Bertz CT molecular complexity index is 379. The largest absolute Gasteiger partial charge is 0.481 e. The molecule has 0 aromatic rings. The SMILES string of the molecule is C=CC(=O)OC.CCCCCCCCCCCCCCCCCCCCCC(=O)O. The summed E-state index contributed by atoms with van der Waals surface area (Å²) in [5.41, 5.74) is 0. The number of esters is 1. The minimum absolute atomic E-state index is 0.346. The first-order valence-corrected chi connectivity index (χ1v) is 12.5. The lowest BCUT2D eigenvalue weighted by Gasteiger charge is -2.03. The van der Waals surface area contributed by atoms with Gasteiger partial charge >= 0.3 is 11.9 Å². The van der Waals surface area contributed by atoms with Gasteiger partial charge in [-0.2, -0.15) is 0 Å². The van der Waals surface area contributed by atoms with Gasteiger partial charge in [-0.05, 0) is 6.42 Å². The molecular formula is C26H50O4. The molecule has 0 fully saturated rings. The van der Waals surface area contributed by atoms with Crippen molar-refractivity contribution in [1.82, 2.24) is 0 Å². The summed E-state index contributed by atoms with van der Waals surface area (Å²) in [5.74, 6) is -1.04. The van der Waals surface area contributed by atoms with E-state index in [1.807, 2.05) is 0 Å². The monoisotopic (exact) mass is 426 g/mol. The summed E-state index contributed by atoms with van der Waals surface area (Å²) < 4.78 is 4.14. The molecule has 0 aliphatic rings. The summed E-state index contributed by atoms with van der Waals surface area (Å²) in [6.45, 7) is 5.44. The average molecular weight is 427 g/mol. The van der Waals surface area contributed by atoms with Gasteiger partial charge in [0, 0.05) is 12.5 Å². The summed E-state index contributed by atoms with van der Waals surface area (Å²) in [6, 6.07) is 0. The molecule has 0 aliphatic carbocycles. The van der Waals surface area contributed by atoms with Gasteiger partial charge in [0.1, 0.15) is 0 Å². The van der Waals surface area contributed by atoms with Crippen LogP contribution < -0.4 is 0 Å². The minimum atomic E-state index is -0.651. The molecule has 0 aromatic carbocycles. The lowest BCUT2D eigenvalue weighted by molar-refractivity contribution is -0.137. The van der Waals surface area contributed by atoms with E-state index in [9.17, 15) is 9.59 Å². The minimum Gasteiger partial charge on any atom is -0.481 e. The van der Waals surface area contributed by atoms with Gasteiger partial charge in [-0.15, -0.1) is 0 Å². The molecule has 178 valence electrons. The third kappa shape index (κ3) is 31.4. The maximum Gasteiger partial charge on any atom is 0.329 e. The second-order valence-corrected chi connectivity index (χ2v) is 8.23. The third-order valence-corrected chi connectivity index (χ3v) is 5.36. The molecule has 4 heteroatoms. The number of carboxylic acid groups (broad SMARTS) is 1. The number of ether oxygens (including phenoxy) is 1. The second-order valence-electron chi connectivity index (χ2n) is 8.23. The Morgan fingerprint density at radius 3 is 1.17 bits per heavy atom. The highest BCUT2D eigenvalue weighted by Crippen LogP contribution is 2.14. The van der Waals surface area contributed by atoms with Gasteiger partial charge in [0.2, 0.25) is 0 Å². The standard InChI is InChI=1S/C22H44O2.C4H6O2/c1-2-3-4-5-6-7-8-9-10-11-12-13-14-15-16-17-18-19-20-21-22(23)24;1-3-4(5)6-2/h2-21H2,1H3,(H,23,24);3H,1H2,2H3. The first kappa shape index (κ1) is 30.9. The molecule has 0 spiro atoms. The van der Waals surface area contributed by atoms with Crippen LogP contribution in [0, 0.1) is 0 Å². The third-order valence-electron chi connectivity index (χ3n) is 5.36. The fourth-order valence-electron chi connectivity index (χ4n) is 3.44. The predicted molar refractivity (Wildman–Crippen MR) is 128 cm³/mol. The lowest BCUT2D eigenvalue weighted by atomic mass is 10.0. The summed E-state index contributed by atoms with van der Waals surface area (Å²) in [4.78, 5) is 20.2. The van der Waals surface area contributed by atoms with Crippen molar-refractivity contribution in [3.63, 3.8) is 0 Å². The molecule has 0 bridgehead atoms. The number of aliphatic carboxylic acids is 1. The van der Waals surface area contributed by atoms with E-state index >= 15 is 0 Å². The quantitative estimate of drug-likeness (QED) is 0.114. The molecule has 1 N–H and O–H groups in total. The van der Waals surface area contributed by atoms with E-state index in [2.05, 4.69) is 18.2 Å². The number of rotatable bonds is 21. The Labute approximate surface area is 186 Å². The van der Waals surface area contributed by atoms with Gasteiger partial charge in [0.15, 0.2) is 0 Å². The van der Waals surface area contributed by atoms with Crippen LogP contribution in [0.25, 0.3) is 0 Å². The number of carboxylic acids is 1. The second kappa shape index (κ2) is 27.7. The zero-order chi connectivity index (χ0) is 22.7. The van der Waals surface area contributed by atoms with Crippen LogP contribution in [0.2, 0.25) is 0 Å². The van der Waals surface area contributed by atoms with Gasteiger partial charge in [0.05, 0.1) is 7.11 Å². The smallest absolute Gasteiger partial charge is 0.329 e. The Hall–Kier alpha value is -1.32. The molecule has 0 amide bonds. The van der Waals surface area contributed by atoms with Crippen LogP contribution in [-0.2, 0) is 14.3 Å². The van der Waals surface area contributed by atoms with E-state index in [1.54, 1.807) is 0 Å². The van der Waals surface area contributed by atoms with Gasteiger partial charge in [-0.25, -0.2) is 4.79 Å². The van der Waals surface area contributed by atoms with Crippen molar-refractivity contribution in [3.8, 4) is 0 Å². The van der Waals surface area contributed by atoms with Crippen molar-refractivity contribution < 1.29 is 19.4 Å². The van der Waals surface area contributed by atoms with Crippen LogP contribution in [0.3, 0.4) is 0 Å². The molecule has 30 heavy (non-hydrogen) atoms. The highest BCUT2D eigenvalue weighted by Gasteiger charge is 1.97. The molecule has 0 aliphatic heterocycles. The zero-order valence-corrected chi connectivity index (χ0v) is 20.1. The average Bonchev–Trinajstić information content (AvgIpc) is 2.75. The summed E-state index contributed by atoms with van der Waals surface area (Å²) in [7, 11) is 1.31. The maximum absolute atomic E-state index is 10.4. The van der Waals surface area contributed by atoms with E-state index < -0.39 is 11.9 Å². The van der Waals surface area contributed by atoms with Gasteiger partial charge < -0.3 is 9.84 Å². The topological polar surface area (TPSA) is 63.6 Å². The number of hydrogen-bond donors (Lipinski definition) is 1. The Balaban J connectivity index is 0. The van der Waals surface area contributed by atoms with E-state index in [1.165, 1.54) is 116 Å². The summed E-state index contributed by atoms with van der Waals surface area (Å²) in [6.07, 6.45) is 27.2. The Kier molecular flexibility index (Phi) is 28.5. The van der Waals surface area contributed by atoms with Crippen molar-refractivity contribution in [2.24, 2.45) is 0 Å². The van der Waals surface area contributed by atoms with E-state index in [-0.39, 0.29) is 0 Å². The van der Waals surface area contributed by atoms with Crippen LogP contribution in [0.15, 0.2) is 12.7 Å². The van der Waals surface area contributed by atoms with E-state index in [0.29, 0.717) is 6.42 Å². The van der Waals surface area contributed by atoms with E-state index in [4.69, 9.17) is 5.11 Å². The summed E-state index contributed by atoms with van der Waals surface area (Å²) in [5, 5.41) is 8.56. The first-order chi connectivity index (χ1) is 14.6. The van der Waals surface area contributed by atoms with Gasteiger partial charge in [-0.3, -0.25) is 4.79 Å². The molecule has 0 atom stereocenters. The van der Waals surface area contributed by atoms with Crippen LogP contribution in [0.5, 0.6) is 0 Å². The molecule has 0 unspecified atom stereocenters. The Morgan fingerprint density at radius 1 is 0.667 bits per heavy atom. The first-order valence-electron chi connectivity index (χ1n) is 12.5. The number of carbonyl (C=O) groups is 2. The van der Waals surface area contributed by atoms with Crippen molar-refractivity contribution in [2.75, 3.05) is 7.11 Å². The van der Waals surface area contributed by atoms with Crippen LogP contribution in [0.4, 0.5) is 0 Å². The van der Waals surface area contributed by atoms with Crippen molar-refractivity contribution in [1.29, 1.82) is 0 Å². The Morgan fingerprint density at radius 2 is 0.967 bits per heavy atom. The fraction of sp³-hybridized carbons (Fsp3) is 0.846. The zero-order valence-electron chi connectivity index (χ0n) is 20.1. The maximum atomic E-state index is 10.4. The van der Waals surface area contributed by atoms with Crippen molar-refractivity contribution >= 4 is 11.9 Å². The van der Waals surface area contributed by atoms with Gasteiger partial charge in [-0.1, -0.05) is 129 Å². The van der Waals surface area contributed by atoms with Gasteiger partial charge in [0.25, 0.3) is 0 Å². The number of unbranched alkanes of at least 4 members (excludes halogenated alkanes) is 18. The molecular weight excluding hydrogens is 376 g/mol. The van der Waals surface area contributed by atoms with Crippen LogP contribution in [-0.4, -0.2) is 24.2 Å². The van der Waals surface area contributed by atoms with Crippen LogP contribution in [0.1, 0.15) is 135 Å². The molecule has 0 rings (SSSR count). The number of methoxy groups -OCH3 is 1. The number of carbonyl (C=O) groups excluding carboxylic acids is 1. The van der Waals surface area contributed by atoms with Crippen molar-refractivity contribution in [3.05, 3.63) is 12.7 Å². The summed E-state index contributed by atoms with van der Waals surface area (Å²) >= 11 is 0. The molecule has 0 saturated heterocycles. The van der Waals surface area contributed by atoms with E-state index in [0.717, 1.165) is 18.9 Å². The normalized spacial score (nSPS) is 10.2. The molecule has 0 radical (unpaired) electrons. The van der Waals surface area contributed by atoms with Crippen molar-refractivity contribution in [2.45, 2.75) is 135 Å². The highest BCUT2D eigenvalue weighted by atomic mass is 16.5. The lowest BCUT2D eigenvalue weighted by Crippen LogP contribution is -1.93. The molecule has 0 heterocycles. The van der Waals surface area contributed by atoms with Crippen LogP contribution >= 0.6 is 0 Å². The predicted octanol–water partition coefficient (Wildman–Crippen LogP) is 8.24. The molecule has 0 saturated carbocycles. The molecule has 0 aromatic heterocycles. The highest BCUT2D eigenvalue weighted by molar-refractivity contribution is 5.80. The molecule has 4 nitrogen and oxygen atoms in total.